The fourth-order valence-electron chi connectivity index (χ4n) is 3.72. The zero-order valence-corrected chi connectivity index (χ0v) is 21.1. The van der Waals surface area contributed by atoms with Gasteiger partial charge in [-0.15, -0.1) is 0 Å². The van der Waals surface area contributed by atoms with Crippen LogP contribution in [0.15, 0.2) is 103 Å². The molecule has 0 N–H and O–H groups in total. The Hall–Kier alpha value is -4.51. The van der Waals surface area contributed by atoms with Gasteiger partial charge in [0.2, 0.25) is 0 Å². The Balaban J connectivity index is 1.44. The molecule has 0 atom stereocenters. The Kier molecular flexibility index (Phi) is 8.97. The third-order valence-electron chi connectivity index (χ3n) is 5.63. The van der Waals surface area contributed by atoms with Crippen LogP contribution in [0.1, 0.15) is 34.0 Å². The summed E-state index contributed by atoms with van der Waals surface area (Å²) in [4.78, 5) is 13.0. The molecule has 0 aliphatic carbocycles. The third-order valence-corrected chi connectivity index (χ3v) is 5.63. The Morgan fingerprint density at radius 1 is 0.703 bits per heavy atom. The van der Waals surface area contributed by atoms with Crippen molar-refractivity contribution in [2.45, 2.75) is 20.1 Å². The first-order valence-electron chi connectivity index (χ1n) is 12.2. The van der Waals surface area contributed by atoms with Crippen molar-refractivity contribution in [2.75, 3.05) is 13.7 Å². The minimum absolute atomic E-state index is 0.182. The quantitative estimate of drug-likeness (QED) is 0.155. The fraction of sp³-hybridized carbons (Fsp3) is 0.156. The second-order valence-electron chi connectivity index (χ2n) is 8.24. The molecule has 5 nitrogen and oxygen atoms in total. The summed E-state index contributed by atoms with van der Waals surface area (Å²) in [5.74, 6) is 2.25. The van der Waals surface area contributed by atoms with E-state index in [0.29, 0.717) is 48.4 Å². The lowest BCUT2D eigenvalue weighted by molar-refractivity contribution is 0.104. The molecule has 0 saturated heterocycles. The summed E-state index contributed by atoms with van der Waals surface area (Å²) in [6.07, 6.45) is 3.26. The highest BCUT2D eigenvalue weighted by atomic mass is 16.5. The van der Waals surface area contributed by atoms with Crippen LogP contribution < -0.4 is 18.9 Å². The number of carbonyl (C=O) groups is 1. The van der Waals surface area contributed by atoms with Gasteiger partial charge in [-0.25, -0.2) is 0 Å². The van der Waals surface area contributed by atoms with E-state index in [0.717, 1.165) is 16.7 Å². The predicted molar refractivity (Wildman–Crippen MR) is 146 cm³/mol. The van der Waals surface area contributed by atoms with E-state index in [1.807, 2.05) is 85.8 Å². The van der Waals surface area contributed by atoms with Crippen LogP contribution in [0.2, 0.25) is 0 Å². The smallest absolute Gasteiger partial charge is 0.189 e. The minimum Gasteiger partial charge on any atom is -0.496 e. The van der Waals surface area contributed by atoms with Crippen LogP contribution in [0.5, 0.6) is 23.0 Å². The molecule has 0 heterocycles. The molecule has 0 spiro atoms. The molecule has 0 unspecified atom stereocenters. The number of hydrogen-bond donors (Lipinski definition) is 0. The van der Waals surface area contributed by atoms with Gasteiger partial charge in [-0.05, 0) is 54.5 Å². The van der Waals surface area contributed by atoms with Crippen molar-refractivity contribution in [2.24, 2.45) is 0 Å². The van der Waals surface area contributed by atoms with Crippen molar-refractivity contribution in [1.82, 2.24) is 0 Å². The standard InChI is InChI=1S/C32H30O5/c1-3-35-31-20-27(36-22-24-10-6-4-7-11-24)16-14-26(31)15-19-30(33)29-18-17-28(21-32(29)34-2)37-23-25-12-8-5-9-13-25/h4-21H,3,22-23H2,1-2H3. The average molecular weight is 495 g/mol. The van der Waals surface area contributed by atoms with Gasteiger partial charge in [0, 0.05) is 17.7 Å². The second kappa shape index (κ2) is 13.0. The molecule has 4 rings (SSSR count). The van der Waals surface area contributed by atoms with Crippen LogP contribution in [-0.2, 0) is 13.2 Å². The minimum atomic E-state index is -0.182. The maximum absolute atomic E-state index is 13.0. The van der Waals surface area contributed by atoms with Crippen molar-refractivity contribution >= 4 is 11.9 Å². The molecule has 4 aromatic rings. The topological polar surface area (TPSA) is 54.0 Å². The molecule has 0 fully saturated rings. The van der Waals surface area contributed by atoms with E-state index in [4.69, 9.17) is 18.9 Å². The summed E-state index contributed by atoms with van der Waals surface area (Å²) in [5.41, 5.74) is 3.38. The molecule has 188 valence electrons. The number of allylic oxidation sites excluding steroid dienone is 1. The van der Waals surface area contributed by atoms with Crippen molar-refractivity contribution < 1.29 is 23.7 Å². The van der Waals surface area contributed by atoms with Crippen LogP contribution in [0.25, 0.3) is 6.08 Å². The lowest BCUT2D eigenvalue weighted by Gasteiger charge is -2.12. The zero-order chi connectivity index (χ0) is 25.9. The van der Waals surface area contributed by atoms with Gasteiger partial charge in [0.15, 0.2) is 5.78 Å². The SMILES string of the molecule is CCOc1cc(OCc2ccccc2)ccc1C=CC(=O)c1ccc(OCc2ccccc2)cc1OC. The number of hydrogen-bond acceptors (Lipinski definition) is 5. The van der Waals surface area contributed by atoms with Gasteiger partial charge in [-0.1, -0.05) is 60.7 Å². The Morgan fingerprint density at radius 2 is 1.27 bits per heavy atom. The molecular formula is C32H30O5. The van der Waals surface area contributed by atoms with Crippen LogP contribution in [0.4, 0.5) is 0 Å². The molecule has 0 amide bonds. The maximum atomic E-state index is 13.0. The van der Waals surface area contributed by atoms with Gasteiger partial charge in [-0.3, -0.25) is 4.79 Å². The van der Waals surface area contributed by atoms with Gasteiger partial charge in [0.25, 0.3) is 0 Å². The molecule has 4 aromatic carbocycles. The van der Waals surface area contributed by atoms with Crippen LogP contribution in [0, 0.1) is 0 Å². The van der Waals surface area contributed by atoms with Crippen molar-refractivity contribution in [3.63, 3.8) is 0 Å². The summed E-state index contributed by atoms with van der Waals surface area (Å²) in [7, 11) is 1.54. The number of ether oxygens (including phenoxy) is 4. The van der Waals surface area contributed by atoms with E-state index in [2.05, 4.69) is 0 Å². The summed E-state index contributed by atoms with van der Waals surface area (Å²) >= 11 is 0. The van der Waals surface area contributed by atoms with E-state index < -0.39 is 0 Å². The molecular weight excluding hydrogens is 464 g/mol. The molecule has 0 aliphatic rings. The fourth-order valence-corrected chi connectivity index (χ4v) is 3.72. The van der Waals surface area contributed by atoms with Crippen molar-refractivity contribution in [3.8, 4) is 23.0 Å². The normalized spacial score (nSPS) is 10.8. The highest BCUT2D eigenvalue weighted by molar-refractivity contribution is 6.08. The van der Waals surface area contributed by atoms with Crippen LogP contribution in [-0.4, -0.2) is 19.5 Å². The first kappa shape index (κ1) is 25.6. The number of ketones is 1. The second-order valence-corrected chi connectivity index (χ2v) is 8.24. The number of methoxy groups -OCH3 is 1. The molecule has 0 saturated carbocycles. The molecule has 0 bridgehead atoms. The Morgan fingerprint density at radius 3 is 1.84 bits per heavy atom. The molecule has 0 aliphatic heterocycles. The van der Waals surface area contributed by atoms with Gasteiger partial charge in [0.1, 0.15) is 36.2 Å². The van der Waals surface area contributed by atoms with Crippen molar-refractivity contribution in [1.29, 1.82) is 0 Å². The van der Waals surface area contributed by atoms with Crippen molar-refractivity contribution in [3.05, 3.63) is 125 Å². The molecule has 0 aromatic heterocycles. The van der Waals surface area contributed by atoms with Gasteiger partial charge >= 0.3 is 0 Å². The van der Waals surface area contributed by atoms with E-state index in [1.54, 1.807) is 24.3 Å². The van der Waals surface area contributed by atoms with E-state index in [-0.39, 0.29) is 5.78 Å². The highest BCUT2D eigenvalue weighted by Crippen LogP contribution is 2.29. The summed E-state index contributed by atoms with van der Waals surface area (Å²) in [6.45, 7) is 3.31. The lowest BCUT2D eigenvalue weighted by Crippen LogP contribution is -2.01. The molecule has 37 heavy (non-hydrogen) atoms. The summed E-state index contributed by atoms with van der Waals surface area (Å²) in [6, 6.07) is 30.7. The first-order valence-corrected chi connectivity index (χ1v) is 12.2. The van der Waals surface area contributed by atoms with Gasteiger partial charge < -0.3 is 18.9 Å². The monoisotopic (exact) mass is 494 g/mol. The van der Waals surface area contributed by atoms with E-state index >= 15 is 0 Å². The summed E-state index contributed by atoms with van der Waals surface area (Å²) in [5, 5.41) is 0. The average Bonchev–Trinajstić information content (AvgIpc) is 2.95. The molecule has 5 heteroatoms. The predicted octanol–water partition coefficient (Wildman–Crippen LogP) is 7.15. The van der Waals surface area contributed by atoms with Gasteiger partial charge in [0.05, 0.1) is 19.3 Å². The zero-order valence-electron chi connectivity index (χ0n) is 21.1. The maximum Gasteiger partial charge on any atom is 0.189 e. The molecule has 0 radical (unpaired) electrons. The Bertz CT molecular complexity index is 1330. The highest BCUT2D eigenvalue weighted by Gasteiger charge is 2.12. The van der Waals surface area contributed by atoms with E-state index in [9.17, 15) is 4.79 Å². The summed E-state index contributed by atoms with van der Waals surface area (Å²) < 4.78 is 23.1. The number of carbonyl (C=O) groups excluding carboxylic acids is 1. The Labute approximate surface area is 217 Å². The van der Waals surface area contributed by atoms with Crippen LogP contribution in [0.3, 0.4) is 0 Å². The largest absolute Gasteiger partial charge is 0.496 e. The number of rotatable bonds is 12. The van der Waals surface area contributed by atoms with Gasteiger partial charge in [-0.2, -0.15) is 0 Å². The number of benzene rings is 4. The third kappa shape index (κ3) is 7.24. The van der Waals surface area contributed by atoms with Crippen LogP contribution >= 0.6 is 0 Å². The lowest BCUT2D eigenvalue weighted by atomic mass is 10.1. The van der Waals surface area contributed by atoms with E-state index in [1.165, 1.54) is 13.2 Å². The first-order chi connectivity index (χ1) is 18.2.